The molecule has 4 heteroatoms. The number of hydrogen-bond acceptors (Lipinski definition) is 3. The zero-order chi connectivity index (χ0) is 29.2. The van der Waals surface area contributed by atoms with E-state index in [0.717, 1.165) is 42.4 Å². The molecule has 0 unspecified atom stereocenters. The largest absolute Gasteiger partial charge is 0.481 e. The van der Waals surface area contributed by atoms with E-state index in [1.807, 2.05) is 91.0 Å². The number of aliphatic hydroxyl groups is 1. The fourth-order valence-corrected chi connectivity index (χ4v) is 5.89. The highest BCUT2D eigenvalue weighted by atomic mass is 16.5. The molecule has 2 N–H and O–H groups in total. The Balaban J connectivity index is 1.28. The topological polar surface area (TPSA) is 66.8 Å². The summed E-state index contributed by atoms with van der Waals surface area (Å²) in [4.78, 5) is 12.4. The van der Waals surface area contributed by atoms with E-state index in [2.05, 4.69) is 42.5 Å². The molecule has 0 aliphatic heterocycles. The van der Waals surface area contributed by atoms with Crippen LogP contribution >= 0.6 is 0 Å². The summed E-state index contributed by atoms with van der Waals surface area (Å²) >= 11 is 0. The molecule has 0 fully saturated rings. The number of rotatable bonds is 14. The van der Waals surface area contributed by atoms with Crippen LogP contribution in [0, 0.1) is 5.92 Å². The number of carboxylic acids is 1. The van der Waals surface area contributed by atoms with Crippen LogP contribution < -0.4 is 0 Å². The summed E-state index contributed by atoms with van der Waals surface area (Å²) in [7, 11) is 0. The van der Waals surface area contributed by atoms with Crippen LogP contribution in [0.3, 0.4) is 0 Å². The molecule has 0 heterocycles. The van der Waals surface area contributed by atoms with E-state index < -0.39 is 23.6 Å². The lowest BCUT2D eigenvalue weighted by atomic mass is 9.80. The highest BCUT2D eigenvalue weighted by Gasteiger charge is 2.39. The number of fused-ring (bicyclic) bond motifs is 1. The minimum atomic E-state index is -1.06. The van der Waals surface area contributed by atoms with Gasteiger partial charge in [-0.15, -0.1) is 0 Å². The Hall–Kier alpha value is -4.25. The zero-order valence-corrected chi connectivity index (χ0v) is 23.8. The molecular weight excluding hydrogens is 520 g/mol. The van der Waals surface area contributed by atoms with Gasteiger partial charge < -0.3 is 14.9 Å². The molecule has 0 spiro atoms. The average molecular weight is 559 g/mol. The Kier molecular flexibility index (Phi) is 9.81. The fraction of sp³-hybridized carbons (Fsp3) is 0.237. The van der Waals surface area contributed by atoms with Crippen LogP contribution in [0.15, 0.2) is 133 Å². The highest BCUT2D eigenvalue weighted by Crippen LogP contribution is 2.41. The van der Waals surface area contributed by atoms with Gasteiger partial charge in [-0.1, -0.05) is 146 Å². The molecule has 0 bridgehead atoms. The summed E-state index contributed by atoms with van der Waals surface area (Å²) in [6, 6.07) is 44.4. The number of ether oxygens (including phenoxy) is 1. The van der Waals surface area contributed by atoms with Gasteiger partial charge in [-0.2, -0.15) is 0 Å². The zero-order valence-electron chi connectivity index (χ0n) is 23.8. The molecule has 214 valence electrons. The van der Waals surface area contributed by atoms with Gasteiger partial charge in [-0.25, -0.2) is 0 Å². The Morgan fingerprint density at radius 3 is 1.74 bits per heavy atom. The van der Waals surface area contributed by atoms with E-state index in [-0.39, 0.29) is 6.61 Å². The van der Waals surface area contributed by atoms with Gasteiger partial charge in [0.2, 0.25) is 0 Å². The second kappa shape index (κ2) is 14.1. The third kappa shape index (κ3) is 6.62. The maximum absolute atomic E-state index is 12.4. The third-order valence-corrected chi connectivity index (χ3v) is 8.13. The first kappa shape index (κ1) is 29.2. The molecule has 5 rings (SSSR count). The predicted molar refractivity (Wildman–Crippen MR) is 168 cm³/mol. The SMILES string of the molecule is O=C(O)[C@@H](COC(c1ccccc1)(c1ccccc1)c1ccccc1)[C@@H](O)CCCCCc1cccc2ccccc12. The van der Waals surface area contributed by atoms with Crippen molar-refractivity contribution in [2.24, 2.45) is 5.92 Å². The first-order valence-corrected chi connectivity index (χ1v) is 14.8. The minimum absolute atomic E-state index is 0.134. The number of hydrogen-bond donors (Lipinski definition) is 2. The van der Waals surface area contributed by atoms with Crippen molar-refractivity contribution in [1.29, 1.82) is 0 Å². The van der Waals surface area contributed by atoms with Crippen LogP contribution in [-0.4, -0.2) is 28.9 Å². The molecule has 0 saturated carbocycles. The molecule has 0 amide bonds. The second-order valence-corrected chi connectivity index (χ2v) is 10.8. The first-order valence-electron chi connectivity index (χ1n) is 14.8. The van der Waals surface area contributed by atoms with E-state index in [1.165, 1.54) is 16.3 Å². The first-order chi connectivity index (χ1) is 20.6. The average Bonchev–Trinajstić information content (AvgIpc) is 3.04. The Morgan fingerprint density at radius 1 is 0.643 bits per heavy atom. The number of unbranched alkanes of at least 4 members (excludes halogenated alkanes) is 2. The van der Waals surface area contributed by atoms with Crippen molar-refractivity contribution in [3.8, 4) is 0 Å². The minimum Gasteiger partial charge on any atom is -0.481 e. The van der Waals surface area contributed by atoms with Gasteiger partial charge in [0.15, 0.2) is 0 Å². The van der Waals surface area contributed by atoms with Crippen LogP contribution in [0.4, 0.5) is 0 Å². The van der Waals surface area contributed by atoms with Crippen LogP contribution in [0.25, 0.3) is 10.8 Å². The van der Waals surface area contributed by atoms with Crippen molar-refractivity contribution >= 4 is 16.7 Å². The normalized spacial score (nSPS) is 13.1. The number of benzene rings is 5. The molecule has 4 nitrogen and oxygen atoms in total. The second-order valence-electron chi connectivity index (χ2n) is 10.8. The predicted octanol–water partition coefficient (Wildman–Crippen LogP) is 8.01. The molecule has 0 aliphatic carbocycles. The molecule has 2 atom stereocenters. The van der Waals surface area contributed by atoms with E-state index >= 15 is 0 Å². The molecule has 5 aromatic rings. The van der Waals surface area contributed by atoms with Gasteiger partial charge in [-0.3, -0.25) is 4.79 Å². The molecule has 0 aliphatic rings. The highest BCUT2D eigenvalue weighted by molar-refractivity contribution is 5.85. The number of carbonyl (C=O) groups is 1. The Labute approximate surface area is 248 Å². The Morgan fingerprint density at radius 2 is 1.17 bits per heavy atom. The lowest BCUT2D eigenvalue weighted by Gasteiger charge is -2.37. The van der Waals surface area contributed by atoms with Crippen LogP contribution in [-0.2, 0) is 21.6 Å². The third-order valence-electron chi connectivity index (χ3n) is 8.13. The summed E-state index contributed by atoms with van der Waals surface area (Å²) in [5.41, 5.74) is 2.98. The molecule has 5 aromatic carbocycles. The summed E-state index contributed by atoms with van der Waals surface area (Å²) in [5, 5.41) is 23.8. The van der Waals surface area contributed by atoms with Crippen molar-refractivity contribution < 1.29 is 19.7 Å². The summed E-state index contributed by atoms with van der Waals surface area (Å²) in [6.45, 7) is -0.134. The lowest BCUT2D eigenvalue weighted by molar-refractivity contribution is -0.151. The van der Waals surface area contributed by atoms with Crippen molar-refractivity contribution in [3.05, 3.63) is 156 Å². The van der Waals surface area contributed by atoms with Gasteiger partial charge in [0.25, 0.3) is 0 Å². The fourth-order valence-electron chi connectivity index (χ4n) is 5.89. The smallest absolute Gasteiger partial charge is 0.311 e. The standard InChI is InChI=1S/C38H38O4/c39-36(27-12-1-5-16-29-18-15-19-30-17-13-14-26-34(29)30)35(37(40)41)28-42-38(31-20-6-2-7-21-31,32-22-8-3-9-23-32)33-24-10-4-11-25-33/h2-4,6-11,13-15,17-26,35-36,39H,1,5,12,16,27-28H2,(H,40,41)/t35-,36-/m0/s1. The van der Waals surface area contributed by atoms with Gasteiger partial charge in [0.1, 0.15) is 11.5 Å². The summed E-state index contributed by atoms with van der Waals surface area (Å²) < 4.78 is 6.72. The van der Waals surface area contributed by atoms with Crippen molar-refractivity contribution in [2.45, 2.75) is 43.8 Å². The maximum Gasteiger partial charge on any atom is 0.311 e. The van der Waals surface area contributed by atoms with Gasteiger partial charge >= 0.3 is 5.97 Å². The number of aryl methyl sites for hydroxylation is 1. The van der Waals surface area contributed by atoms with Gasteiger partial charge in [0.05, 0.1) is 12.7 Å². The number of carboxylic acid groups (broad SMARTS) is 1. The van der Waals surface area contributed by atoms with Crippen molar-refractivity contribution in [1.82, 2.24) is 0 Å². The van der Waals surface area contributed by atoms with Gasteiger partial charge in [0, 0.05) is 0 Å². The van der Waals surface area contributed by atoms with E-state index in [1.54, 1.807) is 0 Å². The van der Waals surface area contributed by atoms with Crippen LogP contribution in [0.1, 0.15) is 47.9 Å². The van der Waals surface area contributed by atoms with E-state index in [9.17, 15) is 15.0 Å². The quantitative estimate of drug-likeness (QED) is 0.107. The van der Waals surface area contributed by atoms with Crippen molar-refractivity contribution in [3.63, 3.8) is 0 Å². The van der Waals surface area contributed by atoms with Crippen LogP contribution in [0.5, 0.6) is 0 Å². The number of aliphatic carboxylic acids is 1. The monoisotopic (exact) mass is 558 g/mol. The summed E-state index contributed by atoms with van der Waals surface area (Å²) in [6.07, 6.45) is 2.99. The maximum atomic E-state index is 12.4. The lowest BCUT2D eigenvalue weighted by Crippen LogP contribution is -2.39. The van der Waals surface area contributed by atoms with Gasteiger partial charge in [-0.05, 0) is 52.3 Å². The van der Waals surface area contributed by atoms with Crippen LogP contribution in [0.2, 0.25) is 0 Å². The molecule has 42 heavy (non-hydrogen) atoms. The summed E-state index contributed by atoms with van der Waals surface area (Å²) in [5.74, 6) is -2.11. The molecule has 0 radical (unpaired) electrons. The molecule has 0 aromatic heterocycles. The Bertz CT molecular complexity index is 1450. The number of aliphatic hydroxyl groups excluding tert-OH is 1. The molecular formula is C38H38O4. The van der Waals surface area contributed by atoms with Crippen molar-refractivity contribution in [2.75, 3.05) is 6.61 Å². The van der Waals surface area contributed by atoms with E-state index in [4.69, 9.17) is 4.74 Å². The molecule has 0 saturated heterocycles. The van der Waals surface area contributed by atoms with E-state index in [0.29, 0.717) is 6.42 Å².